The van der Waals surface area contributed by atoms with Gasteiger partial charge in [0.2, 0.25) is 0 Å². The molecule has 6 heteroatoms. The van der Waals surface area contributed by atoms with E-state index in [2.05, 4.69) is 16.0 Å². The summed E-state index contributed by atoms with van der Waals surface area (Å²) in [5, 5.41) is 8.55. The first-order valence-corrected chi connectivity index (χ1v) is 8.14. The van der Waals surface area contributed by atoms with Crippen molar-refractivity contribution in [3.63, 3.8) is 0 Å². The van der Waals surface area contributed by atoms with Crippen LogP contribution in [0, 0.1) is 0 Å². The number of anilines is 1. The molecule has 0 bridgehead atoms. The summed E-state index contributed by atoms with van der Waals surface area (Å²) in [5.41, 5.74) is 1.23. The highest BCUT2D eigenvalue weighted by Gasteiger charge is 2.15. The minimum Gasteiger partial charge on any atom is -0.383 e. The van der Waals surface area contributed by atoms with Gasteiger partial charge in [0, 0.05) is 30.9 Å². The molecule has 1 aromatic carbocycles. The fraction of sp³-hybridized carbons (Fsp3) is 0.529. The quantitative estimate of drug-likeness (QED) is 0.705. The molecule has 0 aliphatic heterocycles. The van der Waals surface area contributed by atoms with Gasteiger partial charge in [-0.1, -0.05) is 19.3 Å². The van der Waals surface area contributed by atoms with Gasteiger partial charge in [0.25, 0.3) is 5.91 Å². The highest BCUT2D eigenvalue weighted by atomic mass is 16.5. The maximum Gasteiger partial charge on any atom is 0.319 e. The van der Waals surface area contributed by atoms with Gasteiger partial charge in [-0.15, -0.1) is 0 Å². The van der Waals surface area contributed by atoms with Crippen LogP contribution in [0.4, 0.5) is 10.5 Å². The summed E-state index contributed by atoms with van der Waals surface area (Å²) in [6, 6.07) is 6.93. The van der Waals surface area contributed by atoms with Crippen molar-refractivity contribution in [1.29, 1.82) is 0 Å². The molecule has 3 N–H and O–H groups in total. The van der Waals surface area contributed by atoms with Crippen molar-refractivity contribution < 1.29 is 14.3 Å². The number of benzene rings is 1. The van der Waals surface area contributed by atoms with Crippen LogP contribution in [0.1, 0.15) is 42.5 Å². The Hall–Kier alpha value is -2.08. The maximum atomic E-state index is 12.0. The molecule has 0 aromatic heterocycles. The van der Waals surface area contributed by atoms with Crippen molar-refractivity contribution in [3.05, 3.63) is 29.8 Å². The number of urea groups is 1. The lowest BCUT2D eigenvalue weighted by atomic mass is 9.96. The Balaban J connectivity index is 1.79. The molecular weight excluding hydrogens is 294 g/mol. The normalized spacial score (nSPS) is 15.0. The molecule has 6 nitrogen and oxygen atoms in total. The zero-order valence-electron chi connectivity index (χ0n) is 13.6. The molecule has 23 heavy (non-hydrogen) atoms. The molecule has 1 aromatic rings. The minimum absolute atomic E-state index is 0.153. The van der Waals surface area contributed by atoms with Gasteiger partial charge >= 0.3 is 6.03 Å². The number of hydrogen-bond acceptors (Lipinski definition) is 3. The molecule has 1 saturated carbocycles. The Morgan fingerprint density at radius 3 is 2.48 bits per heavy atom. The van der Waals surface area contributed by atoms with Gasteiger partial charge in [-0.05, 0) is 37.1 Å². The molecule has 0 radical (unpaired) electrons. The number of hydrogen-bond donors (Lipinski definition) is 3. The monoisotopic (exact) mass is 319 g/mol. The van der Waals surface area contributed by atoms with E-state index in [4.69, 9.17) is 4.74 Å². The maximum absolute atomic E-state index is 12.0. The van der Waals surface area contributed by atoms with Crippen LogP contribution in [-0.4, -0.2) is 38.2 Å². The lowest BCUT2D eigenvalue weighted by molar-refractivity contribution is 0.0937. The smallest absolute Gasteiger partial charge is 0.319 e. The number of carbonyl (C=O) groups is 2. The van der Waals surface area contributed by atoms with Gasteiger partial charge in [0.05, 0.1) is 6.61 Å². The third kappa shape index (κ3) is 5.90. The lowest BCUT2D eigenvalue weighted by Crippen LogP contribution is -2.39. The van der Waals surface area contributed by atoms with E-state index in [1.165, 1.54) is 19.3 Å². The summed E-state index contributed by atoms with van der Waals surface area (Å²) in [7, 11) is 1.59. The van der Waals surface area contributed by atoms with E-state index in [-0.39, 0.29) is 18.0 Å². The molecule has 0 heterocycles. The van der Waals surface area contributed by atoms with Crippen LogP contribution in [-0.2, 0) is 4.74 Å². The van der Waals surface area contributed by atoms with Crippen molar-refractivity contribution >= 4 is 17.6 Å². The Labute approximate surface area is 137 Å². The van der Waals surface area contributed by atoms with Crippen molar-refractivity contribution in [2.75, 3.05) is 25.6 Å². The summed E-state index contributed by atoms with van der Waals surface area (Å²) in [4.78, 5) is 23.8. The van der Waals surface area contributed by atoms with E-state index in [1.807, 2.05) is 0 Å². The number of methoxy groups -OCH3 is 1. The predicted molar refractivity (Wildman–Crippen MR) is 89.7 cm³/mol. The predicted octanol–water partition coefficient (Wildman–Crippen LogP) is 2.52. The molecule has 0 spiro atoms. The Morgan fingerprint density at radius 1 is 1.13 bits per heavy atom. The molecule has 3 amide bonds. The first-order valence-electron chi connectivity index (χ1n) is 8.14. The molecular formula is C17H25N3O3. The average molecular weight is 319 g/mol. The number of nitrogens with one attached hydrogen (secondary N) is 3. The van der Waals surface area contributed by atoms with E-state index in [9.17, 15) is 9.59 Å². The van der Waals surface area contributed by atoms with Crippen molar-refractivity contribution in [2.24, 2.45) is 0 Å². The van der Waals surface area contributed by atoms with Gasteiger partial charge < -0.3 is 20.7 Å². The average Bonchev–Trinajstić information content (AvgIpc) is 2.56. The van der Waals surface area contributed by atoms with E-state index in [1.54, 1.807) is 31.4 Å². The third-order valence-corrected chi connectivity index (χ3v) is 3.94. The van der Waals surface area contributed by atoms with Crippen molar-refractivity contribution in [1.82, 2.24) is 10.6 Å². The molecule has 1 aliphatic rings. The summed E-state index contributed by atoms with van der Waals surface area (Å²) < 4.78 is 4.88. The summed E-state index contributed by atoms with van der Waals surface area (Å²) in [6.45, 7) is 0.950. The van der Waals surface area contributed by atoms with E-state index in [0.29, 0.717) is 24.4 Å². The Kier molecular flexibility index (Phi) is 6.87. The zero-order valence-corrected chi connectivity index (χ0v) is 13.6. The summed E-state index contributed by atoms with van der Waals surface area (Å²) in [6.07, 6.45) is 5.71. The van der Waals surface area contributed by atoms with Crippen LogP contribution in [0.3, 0.4) is 0 Å². The van der Waals surface area contributed by atoms with Gasteiger partial charge in [-0.25, -0.2) is 4.79 Å². The van der Waals surface area contributed by atoms with Crippen molar-refractivity contribution in [3.8, 4) is 0 Å². The Bertz CT molecular complexity index is 510. The minimum atomic E-state index is -0.186. The summed E-state index contributed by atoms with van der Waals surface area (Å²) in [5.74, 6) is -0.153. The van der Waals surface area contributed by atoms with Crippen LogP contribution < -0.4 is 16.0 Å². The first kappa shape index (κ1) is 17.3. The lowest BCUT2D eigenvalue weighted by Gasteiger charge is -2.22. The van der Waals surface area contributed by atoms with Crippen LogP contribution in [0.25, 0.3) is 0 Å². The number of rotatable bonds is 6. The first-order chi connectivity index (χ1) is 11.2. The molecule has 0 saturated heterocycles. The fourth-order valence-corrected chi connectivity index (χ4v) is 2.67. The molecule has 2 rings (SSSR count). The number of amides is 3. The van der Waals surface area contributed by atoms with E-state index < -0.39 is 0 Å². The fourth-order valence-electron chi connectivity index (χ4n) is 2.67. The molecule has 0 unspecified atom stereocenters. The second-order valence-corrected chi connectivity index (χ2v) is 5.76. The second-order valence-electron chi connectivity index (χ2n) is 5.76. The zero-order chi connectivity index (χ0) is 16.5. The highest BCUT2D eigenvalue weighted by Crippen LogP contribution is 2.17. The number of carbonyl (C=O) groups excluding carboxylic acids is 2. The molecule has 126 valence electrons. The van der Waals surface area contributed by atoms with Gasteiger partial charge in [-0.3, -0.25) is 4.79 Å². The standard InChI is InChI=1S/C17H25N3O3/c1-23-12-11-18-16(21)13-7-9-15(10-8-13)20-17(22)19-14-5-3-2-4-6-14/h7-10,14H,2-6,11-12H2,1H3,(H,18,21)(H2,19,20,22). The third-order valence-electron chi connectivity index (χ3n) is 3.94. The van der Waals surface area contributed by atoms with Crippen LogP contribution >= 0.6 is 0 Å². The summed E-state index contributed by atoms with van der Waals surface area (Å²) >= 11 is 0. The van der Waals surface area contributed by atoms with E-state index in [0.717, 1.165) is 12.8 Å². The van der Waals surface area contributed by atoms with Gasteiger partial charge in [0.1, 0.15) is 0 Å². The van der Waals surface area contributed by atoms with Crippen LogP contribution in [0.15, 0.2) is 24.3 Å². The number of ether oxygens (including phenoxy) is 1. The Morgan fingerprint density at radius 2 is 1.83 bits per heavy atom. The molecule has 0 atom stereocenters. The van der Waals surface area contributed by atoms with Crippen molar-refractivity contribution in [2.45, 2.75) is 38.1 Å². The molecule has 1 aliphatic carbocycles. The van der Waals surface area contributed by atoms with Crippen LogP contribution in [0.2, 0.25) is 0 Å². The van der Waals surface area contributed by atoms with Gasteiger partial charge in [0.15, 0.2) is 0 Å². The topological polar surface area (TPSA) is 79.5 Å². The van der Waals surface area contributed by atoms with Gasteiger partial charge in [-0.2, -0.15) is 0 Å². The SMILES string of the molecule is COCCNC(=O)c1ccc(NC(=O)NC2CCCCC2)cc1. The highest BCUT2D eigenvalue weighted by molar-refractivity contribution is 5.95. The van der Waals surface area contributed by atoms with E-state index >= 15 is 0 Å². The molecule has 1 fully saturated rings. The largest absolute Gasteiger partial charge is 0.383 e. The van der Waals surface area contributed by atoms with Crippen LogP contribution in [0.5, 0.6) is 0 Å². The second kappa shape index (κ2) is 9.15.